The van der Waals surface area contributed by atoms with Gasteiger partial charge in [-0.2, -0.15) is 0 Å². The highest BCUT2D eigenvalue weighted by molar-refractivity contribution is 5.98. The quantitative estimate of drug-likeness (QED) is 0.335. The number of aliphatic hydroxyl groups excluding tert-OH is 1. The van der Waals surface area contributed by atoms with E-state index in [1.807, 2.05) is 12.1 Å². The zero-order valence-corrected chi connectivity index (χ0v) is 20.0. The Kier molecular flexibility index (Phi) is 10.1. The molecule has 2 amide bonds. The second kappa shape index (κ2) is 14.0. The van der Waals surface area contributed by atoms with Gasteiger partial charge in [0.15, 0.2) is 5.78 Å². The van der Waals surface area contributed by atoms with Crippen LogP contribution in [-0.2, 0) is 16.0 Å². The maximum atomic E-state index is 12.3. The van der Waals surface area contributed by atoms with Crippen molar-refractivity contribution >= 4 is 23.3 Å². The summed E-state index contributed by atoms with van der Waals surface area (Å²) in [5.74, 6) is 10.3. The summed E-state index contributed by atoms with van der Waals surface area (Å²) in [7, 11) is 0. The van der Waals surface area contributed by atoms with Gasteiger partial charge in [-0.3, -0.25) is 19.4 Å². The van der Waals surface area contributed by atoms with Crippen molar-refractivity contribution in [2.75, 3.05) is 18.5 Å². The molecule has 1 aromatic heterocycles. The molecule has 0 fully saturated rings. The smallest absolute Gasteiger partial charge is 0.251 e. The lowest BCUT2D eigenvalue weighted by atomic mass is 10.1. The molecule has 0 saturated heterocycles. The van der Waals surface area contributed by atoms with Crippen molar-refractivity contribution in [2.24, 2.45) is 5.73 Å². The van der Waals surface area contributed by atoms with E-state index in [1.165, 1.54) is 0 Å². The van der Waals surface area contributed by atoms with E-state index in [2.05, 4.69) is 39.3 Å². The van der Waals surface area contributed by atoms with E-state index in [9.17, 15) is 14.4 Å². The summed E-state index contributed by atoms with van der Waals surface area (Å²) in [6.07, 6.45) is 4.44. The predicted octanol–water partition coefficient (Wildman–Crippen LogP) is 1.67. The number of hydrogen-bond donors (Lipinski definition) is 4. The average Bonchev–Trinajstić information content (AvgIpc) is 2.94. The van der Waals surface area contributed by atoms with Crippen LogP contribution in [0.5, 0.6) is 0 Å². The third-order valence-electron chi connectivity index (χ3n) is 5.24. The van der Waals surface area contributed by atoms with E-state index in [-0.39, 0.29) is 12.5 Å². The van der Waals surface area contributed by atoms with E-state index < -0.39 is 24.3 Å². The molecule has 1 heterocycles. The highest BCUT2D eigenvalue weighted by Gasteiger charge is 2.18. The zero-order valence-electron chi connectivity index (χ0n) is 20.0. The van der Waals surface area contributed by atoms with Gasteiger partial charge in [-0.05, 0) is 78.4 Å². The Morgan fingerprint density at radius 2 is 1.59 bits per heavy atom. The molecule has 0 saturated carbocycles. The van der Waals surface area contributed by atoms with Crippen LogP contribution in [0.1, 0.15) is 33.5 Å². The molecule has 1 atom stereocenters. The average molecular weight is 495 g/mol. The molecule has 5 N–H and O–H groups in total. The summed E-state index contributed by atoms with van der Waals surface area (Å²) in [5, 5.41) is 14.3. The first-order valence-corrected chi connectivity index (χ1v) is 11.5. The largest absolute Gasteiger partial charge is 0.388 e. The highest BCUT2D eigenvalue weighted by Crippen LogP contribution is 2.10. The standard InChI is InChI=1S/C29H26N4O4/c30-18-26(27(35)20-34)33-29(37)24-12-7-21(8-13-24)4-1-2-5-22-9-14-25(15-10-22)32-28(36)16-11-23-6-3-17-31-19-23/h3,6-10,12-15,17,19,26,34H,11,16,18,20,30H2,(H,32,36)(H,33,37)/t26-/m0/s1. The number of rotatable bonds is 9. The van der Waals surface area contributed by atoms with Crippen LogP contribution in [-0.4, -0.2) is 46.9 Å². The Balaban J connectivity index is 1.50. The van der Waals surface area contributed by atoms with E-state index in [0.29, 0.717) is 29.7 Å². The van der Waals surface area contributed by atoms with Crippen molar-refractivity contribution in [3.8, 4) is 23.7 Å². The zero-order chi connectivity index (χ0) is 26.5. The van der Waals surface area contributed by atoms with Gasteiger partial charge in [-0.25, -0.2) is 0 Å². The van der Waals surface area contributed by atoms with E-state index in [0.717, 1.165) is 11.1 Å². The molecule has 0 bridgehead atoms. The number of Topliss-reactive ketones (excluding diaryl/α,β-unsaturated/α-hetero) is 1. The number of anilines is 1. The van der Waals surface area contributed by atoms with E-state index in [4.69, 9.17) is 10.8 Å². The van der Waals surface area contributed by atoms with Crippen molar-refractivity contribution in [3.63, 3.8) is 0 Å². The second-order valence-corrected chi connectivity index (χ2v) is 7.95. The van der Waals surface area contributed by atoms with Crippen LogP contribution in [0.2, 0.25) is 0 Å². The van der Waals surface area contributed by atoms with E-state index in [1.54, 1.807) is 60.9 Å². The molecule has 3 rings (SSSR count). The molecule has 8 nitrogen and oxygen atoms in total. The molecule has 3 aromatic rings. The van der Waals surface area contributed by atoms with Crippen LogP contribution in [0.15, 0.2) is 73.1 Å². The van der Waals surface area contributed by atoms with Gasteiger partial charge in [-0.15, -0.1) is 0 Å². The number of aromatic nitrogens is 1. The lowest BCUT2D eigenvalue weighted by Crippen LogP contribution is -2.46. The number of carbonyl (C=O) groups is 3. The van der Waals surface area contributed by atoms with Gasteiger partial charge >= 0.3 is 0 Å². The van der Waals surface area contributed by atoms with E-state index >= 15 is 0 Å². The Bertz CT molecular complexity index is 1350. The number of aryl methyl sites for hydroxylation is 1. The number of nitrogens with two attached hydrogens (primary N) is 1. The lowest BCUT2D eigenvalue weighted by molar-refractivity contribution is -0.123. The third kappa shape index (κ3) is 8.75. The number of pyridine rings is 1. The van der Waals surface area contributed by atoms with Crippen LogP contribution in [0.25, 0.3) is 0 Å². The van der Waals surface area contributed by atoms with Gasteiger partial charge in [0, 0.05) is 47.7 Å². The molecule has 186 valence electrons. The van der Waals surface area contributed by atoms with Crippen molar-refractivity contribution in [3.05, 3.63) is 95.3 Å². The summed E-state index contributed by atoms with van der Waals surface area (Å²) in [6.45, 7) is -0.788. The summed E-state index contributed by atoms with van der Waals surface area (Å²) >= 11 is 0. The minimum Gasteiger partial charge on any atom is -0.388 e. The second-order valence-electron chi connectivity index (χ2n) is 7.95. The number of hydrogen-bond acceptors (Lipinski definition) is 6. The Labute approximate surface area is 215 Å². The predicted molar refractivity (Wildman–Crippen MR) is 140 cm³/mol. The van der Waals surface area contributed by atoms with Crippen molar-refractivity contribution in [1.82, 2.24) is 10.3 Å². The minimum atomic E-state index is -0.935. The Morgan fingerprint density at radius 1 is 0.946 bits per heavy atom. The van der Waals surface area contributed by atoms with Gasteiger partial charge in [0.25, 0.3) is 5.91 Å². The van der Waals surface area contributed by atoms with Crippen LogP contribution < -0.4 is 16.4 Å². The van der Waals surface area contributed by atoms with Gasteiger partial charge in [0.05, 0.1) is 0 Å². The minimum absolute atomic E-state index is 0.0742. The molecule has 37 heavy (non-hydrogen) atoms. The summed E-state index contributed by atoms with van der Waals surface area (Å²) < 4.78 is 0. The number of ketones is 1. The molecular weight excluding hydrogens is 468 g/mol. The fourth-order valence-corrected chi connectivity index (χ4v) is 3.20. The third-order valence-corrected chi connectivity index (χ3v) is 5.24. The Hall–Kier alpha value is -4.76. The lowest BCUT2D eigenvalue weighted by Gasteiger charge is -2.14. The topological polar surface area (TPSA) is 134 Å². The van der Waals surface area contributed by atoms with Crippen molar-refractivity contribution in [1.29, 1.82) is 0 Å². The van der Waals surface area contributed by atoms with Gasteiger partial charge in [-0.1, -0.05) is 17.9 Å². The summed E-state index contributed by atoms with van der Waals surface area (Å²) in [5.41, 5.74) is 8.93. The molecule has 8 heteroatoms. The fraction of sp³-hybridized carbons (Fsp3) is 0.172. The molecule has 0 radical (unpaired) electrons. The molecule has 2 aromatic carbocycles. The molecule has 0 unspecified atom stereocenters. The molecule has 0 aliphatic carbocycles. The molecular formula is C29H26N4O4. The monoisotopic (exact) mass is 494 g/mol. The fourth-order valence-electron chi connectivity index (χ4n) is 3.20. The number of amides is 2. The maximum absolute atomic E-state index is 12.3. The van der Waals surface area contributed by atoms with Crippen LogP contribution in [0, 0.1) is 23.7 Å². The Morgan fingerprint density at radius 3 is 2.16 bits per heavy atom. The number of nitrogens with zero attached hydrogens (tertiary/aromatic N) is 1. The van der Waals surface area contributed by atoms with Gasteiger partial charge in [0.2, 0.25) is 5.91 Å². The number of carbonyl (C=O) groups excluding carboxylic acids is 3. The van der Waals surface area contributed by atoms with Crippen LogP contribution in [0.4, 0.5) is 5.69 Å². The molecule has 0 aliphatic heterocycles. The summed E-state index contributed by atoms with van der Waals surface area (Å²) in [6, 6.07) is 16.5. The number of benzene rings is 2. The van der Waals surface area contributed by atoms with Crippen LogP contribution >= 0.6 is 0 Å². The first-order chi connectivity index (χ1) is 18.0. The first-order valence-electron chi connectivity index (χ1n) is 11.5. The maximum Gasteiger partial charge on any atom is 0.251 e. The molecule has 0 aliphatic rings. The molecule has 0 spiro atoms. The van der Waals surface area contributed by atoms with Gasteiger partial charge < -0.3 is 21.5 Å². The van der Waals surface area contributed by atoms with Gasteiger partial charge in [0.1, 0.15) is 12.6 Å². The number of aliphatic hydroxyl groups is 1. The van der Waals surface area contributed by atoms with Crippen molar-refractivity contribution in [2.45, 2.75) is 18.9 Å². The van der Waals surface area contributed by atoms with Crippen LogP contribution in [0.3, 0.4) is 0 Å². The summed E-state index contributed by atoms with van der Waals surface area (Å²) in [4.78, 5) is 40.0. The SMILES string of the molecule is NC[C@H](NC(=O)c1ccc(C#CC#Cc2ccc(NC(=O)CCc3cccnc3)cc2)cc1)C(=O)CO. The van der Waals surface area contributed by atoms with Crippen molar-refractivity contribution < 1.29 is 19.5 Å². The normalized spacial score (nSPS) is 10.6. The number of nitrogens with one attached hydrogen (secondary N) is 2. The highest BCUT2D eigenvalue weighted by atomic mass is 16.3. The first kappa shape index (κ1) is 26.8.